The maximum atomic E-state index is 11.9. The summed E-state index contributed by atoms with van der Waals surface area (Å²) in [4.78, 5) is 11.9. The Morgan fingerprint density at radius 1 is 1.39 bits per heavy atom. The van der Waals surface area contributed by atoms with Crippen LogP contribution in [0, 0.1) is 11.3 Å². The van der Waals surface area contributed by atoms with E-state index in [9.17, 15) is 4.79 Å². The molecule has 7 nitrogen and oxygen atoms in total. The summed E-state index contributed by atoms with van der Waals surface area (Å²) in [6, 6.07) is 7.29. The van der Waals surface area contributed by atoms with Crippen LogP contribution in [-0.2, 0) is 4.74 Å². The standard InChI is InChI=1S/C21H30N4O3/c1-7-17(25-20(26)28-21(3,4)5)14-27-19-10-9-16(13-18(19)23-6)15(2)24-12-8-11-22/h7,9-10,13,17,23-24H,1-2,8,12,14H2,3-6H3,(H,25,26)/t17-/m1/s1. The highest BCUT2D eigenvalue weighted by atomic mass is 16.6. The molecule has 0 fully saturated rings. The second kappa shape index (κ2) is 10.9. The number of anilines is 1. The molecular formula is C21H30N4O3. The van der Waals surface area contributed by atoms with Crippen molar-refractivity contribution in [2.24, 2.45) is 0 Å². The maximum Gasteiger partial charge on any atom is 0.408 e. The number of ether oxygens (including phenoxy) is 2. The molecular weight excluding hydrogens is 356 g/mol. The third kappa shape index (κ3) is 8.04. The van der Waals surface area contributed by atoms with Crippen LogP contribution in [0.5, 0.6) is 5.75 Å². The molecule has 7 heteroatoms. The lowest BCUT2D eigenvalue weighted by molar-refractivity contribution is 0.0502. The monoisotopic (exact) mass is 386 g/mol. The van der Waals surface area contributed by atoms with Crippen molar-refractivity contribution in [3.8, 4) is 11.8 Å². The molecule has 0 radical (unpaired) electrons. The molecule has 0 aliphatic heterocycles. The van der Waals surface area contributed by atoms with E-state index >= 15 is 0 Å². The van der Waals surface area contributed by atoms with Crippen LogP contribution >= 0.6 is 0 Å². The highest BCUT2D eigenvalue weighted by molar-refractivity contribution is 5.70. The van der Waals surface area contributed by atoms with Gasteiger partial charge in [-0.05, 0) is 44.5 Å². The minimum absolute atomic E-state index is 0.206. The van der Waals surface area contributed by atoms with Gasteiger partial charge in [-0.25, -0.2) is 4.79 Å². The topological polar surface area (TPSA) is 95.4 Å². The van der Waals surface area contributed by atoms with Crippen LogP contribution in [0.2, 0.25) is 0 Å². The van der Waals surface area contributed by atoms with Crippen LogP contribution < -0.4 is 20.7 Å². The number of alkyl carbamates (subject to hydrolysis) is 1. The first-order valence-electron chi connectivity index (χ1n) is 9.07. The molecule has 0 saturated carbocycles. The number of amides is 1. The van der Waals surface area contributed by atoms with Gasteiger partial charge < -0.3 is 25.4 Å². The van der Waals surface area contributed by atoms with Gasteiger partial charge in [0.15, 0.2) is 0 Å². The summed E-state index contributed by atoms with van der Waals surface area (Å²) in [6.07, 6.45) is 1.48. The van der Waals surface area contributed by atoms with Crippen LogP contribution in [0.4, 0.5) is 10.5 Å². The minimum Gasteiger partial charge on any atom is -0.489 e. The van der Waals surface area contributed by atoms with E-state index in [1.165, 1.54) is 0 Å². The number of nitrogens with zero attached hydrogens (tertiary/aromatic N) is 1. The molecule has 0 bridgehead atoms. The zero-order valence-corrected chi connectivity index (χ0v) is 17.1. The highest BCUT2D eigenvalue weighted by Gasteiger charge is 2.19. The molecule has 0 spiro atoms. The molecule has 152 valence electrons. The van der Waals surface area contributed by atoms with Gasteiger partial charge in [0.1, 0.15) is 18.0 Å². The Bertz CT molecular complexity index is 732. The van der Waals surface area contributed by atoms with Crippen molar-refractivity contribution in [3.63, 3.8) is 0 Å². The molecule has 0 heterocycles. The SMILES string of the molecule is C=C[C@H](COc1ccc(C(=C)NCCC#N)cc1NC)NC(=O)OC(C)(C)C. The van der Waals surface area contributed by atoms with E-state index < -0.39 is 17.7 Å². The number of nitrogens with one attached hydrogen (secondary N) is 3. The van der Waals surface area contributed by atoms with Gasteiger partial charge in [0.05, 0.1) is 24.2 Å². The van der Waals surface area contributed by atoms with E-state index in [1.807, 2.05) is 18.2 Å². The summed E-state index contributed by atoms with van der Waals surface area (Å²) in [5.74, 6) is 0.633. The minimum atomic E-state index is -0.574. The Hall–Kier alpha value is -3.14. The Morgan fingerprint density at radius 2 is 2.11 bits per heavy atom. The molecule has 3 N–H and O–H groups in total. The van der Waals surface area contributed by atoms with Crippen molar-refractivity contribution in [1.82, 2.24) is 10.6 Å². The van der Waals surface area contributed by atoms with E-state index in [0.717, 1.165) is 16.9 Å². The van der Waals surface area contributed by atoms with E-state index in [2.05, 4.69) is 35.2 Å². The number of rotatable bonds is 10. The van der Waals surface area contributed by atoms with Gasteiger partial charge in [0, 0.05) is 19.3 Å². The smallest absolute Gasteiger partial charge is 0.408 e. The lowest BCUT2D eigenvalue weighted by Gasteiger charge is -2.22. The number of hydrogen-bond acceptors (Lipinski definition) is 6. The lowest BCUT2D eigenvalue weighted by atomic mass is 10.1. The summed E-state index contributed by atoms with van der Waals surface area (Å²) in [5, 5.41) is 17.5. The molecule has 0 aromatic heterocycles. The first kappa shape index (κ1) is 22.9. The second-order valence-corrected chi connectivity index (χ2v) is 7.07. The van der Waals surface area contributed by atoms with Crippen molar-refractivity contribution in [2.45, 2.75) is 38.8 Å². The van der Waals surface area contributed by atoms with Gasteiger partial charge in [0.25, 0.3) is 0 Å². The van der Waals surface area contributed by atoms with E-state index in [0.29, 0.717) is 18.7 Å². The summed E-state index contributed by atoms with van der Waals surface area (Å²) < 4.78 is 11.1. The highest BCUT2D eigenvalue weighted by Crippen LogP contribution is 2.27. The molecule has 0 aliphatic carbocycles. The van der Waals surface area contributed by atoms with Crippen molar-refractivity contribution in [1.29, 1.82) is 5.26 Å². The molecule has 28 heavy (non-hydrogen) atoms. The van der Waals surface area contributed by atoms with Crippen molar-refractivity contribution < 1.29 is 14.3 Å². The number of carbonyl (C=O) groups excluding carboxylic acids is 1. The second-order valence-electron chi connectivity index (χ2n) is 7.07. The summed E-state index contributed by atoms with van der Waals surface area (Å²) in [5.41, 5.74) is 1.83. The molecule has 1 atom stereocenters. The lowest BCUT2D eigenvalue weighted by Crippen LogP contribution is -2.41. The number of carbonyl (C=O) groups is 1. The number of benzene rings is 1. The first-order chi connectivity index (χ1) is 13.2. The van der Waals surface area contributed by atoms with Crippen LogP contribution in [0.15, 0.2) is 37.4 Å². The van der Waals surface area contributed by atoms with Gasteiger partial charge in [-0.2, -0.15) is 5.26 Å². The van der Waals surface area contributed by atoms with Crippen molar-refractivity contribution in [2.75, 3.05) is 25.5 Å². The molecule has 1 rings (SSSR count). The van der Waals surface area contributed by atoms with Gasteiger partial charge in [-0.1, -0.05) is 12.7 Å². The Labute approximate surface area is 167 Å². The zero-order chi connectivity index (χ0) is 21.2. The fourth-order valence-electron chi connectivity index (χ4n) is 2.22. The maximum absolute atomic E-state index is 11.9. The quantitative estimate of drug-likeness (QED) is 0.420. The van der Waals surface area contributed by atoms with Gasteiger partial charge in [-0.15, -0.1) is 6.58 Å². The number of nitriles is 1. The Morgan fingerprint density at radius 3 is 2.68 bits per heavy atom. The zero-order valence-electron chi connectivity index (χ0n) is 17.1. The van der Waals surface area contributed by atoms with Gasteiger partial charge in [0.2, 0.25) is 0 Å². The van der Waals surface area contributed by atoms with E-state index in [4.69, 9.17) is 14.7 Å². The summed E-state index contributed by atoms with van der Waals surface area (Å²) >= 11 is 0. The average molecular weight is 386 g/mol. The summed E-state index contributed by atoms with van der Waals surface area (Å²) in [6.45, 7) is 13.9. The predicted octanol–water partition coefficient (Wildman–Crippen LogP) is 3.66. The number of hydrogen-bond donors (Lipinski definition) is 3. The fourth-order valence-corrected chi connectivity index (χ4v) is 2.22. The van der Waals surface area contributed by atoms with E-state index in [-0.39, 0.29) is 6.61 Å². The Balaban J connectivity index is 2.72. The molecule has 0 unspecified atom stereocenters. The molecule has 1 aromatic carbocycles. The third-order valence-corrected chi connectivity index (χ3v) is 3.58. The Kier molecular flexibility index (Phi) is 8.89. The fraction of sp³-hybridized carbons (Fsp3) is 0.429. The molecule has 0 aliphatic rings. The predicted molar refractivity (Wildman–Crippen MR) is 112 cm³/mol. The van der Waals surface area contributed by atoms with Gasteiger partial charge >= 0.3 is 6.09 Å². The van der Waals surface area contributed by atoms with Crippen molar-refractivity contribution >= 4 is 17.5 Å². The molecule has 0 saturated heterocycles. The molecule has 1 aromatic rings. The summed E-state index contributed by atoms with van der Waals surface area (Å²) in [7, 11) is 1.79. The first-order valence-corrected chi connectivity index (χ1v) is 9.07. The van der Waals surface area contributed by atoms with Crippen LogP contribution in [-0.4, -0.2) is 37.9 Å². The largest absolute Gasteiger partial charge is 0.489 e. The van der Waals surface area contributed by atoms with Gasteiger partial charge in [-0.3, -0.25) is 0 Å². The molecule has 1 amide bonds. The third-order valence-electron chi connectivity index (χ3n) is 3.58. The normalized spacial score (nSPS) is 11.5. The van der Waals surface area contributed by atoms with Crippen LogP contribution in [0.3, 0.4) is 0 Å². The van der Waals surface area contributed by atoms with Crippen LogP contribution in [0.1, 0.15) is 32.8 Å². The average Bonchev–Trinajstić information content (AvgIpc) is 2.63. The van der Waals surface area contributed by atoms with Crippen molar-refractivity contribution in [3.05, 3.63) is 43.0 Å². The van der Waals surface area contributed by atoms with E-state index in [1.54, 1.807) is 33.9 Å². The van der Waals surface area contributed by atoms with Crippen LogP contribution in [0.25, 0.3) is 5.70 Å².